The molecule has 0 bridgehead atoms. The van der Waals surface area contributed by atoms with Gasteiger partial charge in [0.1, 0.15) is 5.75 Å². The lowest BCUT2D eigenvalue weighted by molar-refractivity contribution is -0.149. The Morgan fingerprint density at radius 3 is 2.73 bits per heavy atom. The molecule has 0 radical (unpaired) electrons. The number of rotatable bonds is 7. The van der Waals surface area contributed by atoms with Crippen LogP contribution in [-0.4, -0.2) is 42.5 Å². The van der Waals surface area contributed by atoms with Gasteiger partial charge in [-0.3, -0.25) is 9.69 Å². The van der Waals surface area contributed by atoms with E-state index >= 15 is 0 Å². The SMILES string of the molecule is CCCOc1ccc([C@H]2CC(=O)N3C(=C2C#N)SC[C@]3(O)c2cccc(OC)c2)cc1OC. The summed E-state index contributed by atoms with van der Waals surface area (Å²) in [5, 5.41) is 22.1. The number of fused-ring (bicyclic) bond motifs is 1. The monoisotopic (exact) mass is 466 g/mol. The number of hydrogen-bond donors (Lipinski definition) is 1. The Kier molecular flexibility index (Phi) is 6.54. The van der Waals surface area contributed by atoms with Gasteiger partial charge in [-0.15, -0.1) is 11.8 Å². The van der Waals surface area contributed by atoms with E-state index in [4.69, 9.17) is 14.2 Å². The van der Waals surface area contributed by atoms with E-state index in [9.17, 15) is 15.2 Å². The van der Waals surface area contributed by atoms with Gasteiger partial charge < -0.3 is 19.3 Å². The minimum Gasteiger partial charge on any atom is -0.497 e. The van der Waals surface area contributed by atoms with Crippen LogP contribution in [-0.2, 0) is 10.5 Å². The van der Waals surface area contributed by atoms with Crippen LogP contribution in [0, 0.1) is 11.3 Å². The van der Waals surface area contributed by atoms with Gasteiger partial charge in [-0.25, -0.2) is 0 Å². The Hall–Kier alpha value is -3.15. The third kappa shape index (κ3) is 4.03. The van der Waals surface area contributed by atoms with E-state index in [2.05, 4.69) is 6.07 Å². The molecule has 33 heavy (non-hydrogen) atoms. The summed E-state index contributed by atoms with van der Waals surface area (Å²) in [4.78, 5) is 14.7. The number of allylic oxidation sites excluding steroid dienone is 1. The predicted molar refractivity (Wildman–Crippen MR) is 125 cm³/mol. The molecule has 1 N–H and O–H groups in total. The molecule has 0 spiro atoms. The quantitative estimate of drug-likeness (QED) is 0.656. The molecule has 0 aliphatic carbocycles. The molecule has 4 rings (SSSR count). The van der Waals surface area contributed by atoms with E-state index in [-0.39, 0.29) is 18.1 Å². The summed E-state index contributed by atoms with van der Waals surface area (Å²) >= 11 is 1.32. The number of nitrogens with zero attached hydrogens (tertiary/aromatic N) is 2. The molecule has 7 nitrogen and oxygen atoms in total. The molecule has 0 unspecified atom stereocenters. The van der Waals surface area contributed by atoms with Crippen LogP contribution in [0.25, 0.3) is 0 Å². The molecule has 0 aromatic heterocycles. The largest absolute Gasteiger partial charge is 0.497 e. The van der Waals surface area contributed by atoms with Crippen molar-refractivity contribution in [1.82, 2.24) is 4.90 Å². The summed E-state index contributed by atoms with van der Waals surface area (Å²) in [5.41, 5.74) is 0.259. The minimum atomic E-state index is -1.55. The highest BCUT2D eigenvalue weighted by atomic mass is 32.2. The molecule has 2 aliphatic rings. The fourth-order valence-electron chi connectivity index (χ4n) is 4.23. The average molecular weight is 467 g/mol. The summed E-state index contributed by atoms with van der Waals surface area (Å²) < 4.78 is 16.5. The first-order valence-corrected chi connectivity index (χ1v) is 11.7. The highest BCUT2D eigenvalue weighted by Gasteiger charge is 2.52. The normalized spacial score (nSPS) is 22.1. The minimum absolute atomic E-state index is 0.0670. The van der Waals surface area contributed by atoms with Crippen LogP contribution in [0.4, 0.5) is 0 Å². The van der Waals surface area contributed by atoms with E-state index in [1.54, 1.807) is 38.5 Å². The lowest BCUT2D eigenvalue weighted by Gasteiger charge is -2.38. The van der Waals surface area contributed by atoms with Crippen molar-refractivity contribution in [2.45, 2.75) is 31.4 Å². The number of benzene rings is 2. The number of nitriles is 1. The second-order valence-electron chi connectivity index (χ2n) is 7.91. The second kappa shape index (κ2) is 9.38. The van der Waals surface area contributed by atoms with Crippen molar-refractivity contribution in [2.75, 3.05) is 26.6 Å². The van der Waals surface area contributed by atoms with Crippen molar-refractivity contribution in [2.24, 2.45) is 0 Å². The smallest absolute Gasteiger partial charge is 0.231 e. The van der Waals surface area contributed by atoms with Crippen molar-refractivity contribution in [1.29, 1.82) is 5.26 Å². The number of hydrogen-bond acceptors (Lipinski definition) is 7. The fraction of sp³-hybridized carbons (Fsp3) is 0.360. The van der Waals surface area contributed by atoms with Crippen LogP contribution in [0.3, 0.4) is 0 Å². The number of thioether (sulfide) groups is 1. The molecular weight excluding hydrogens is 440 g/mol. The Morgan fingerprint density at radius 2 is 2.03 bits per heavy atom. The molecule has 2 aliphatic heterocycles. The molecule has 8 heteroatoms. The highest BCUT2D eigenvalue weighted by molar-refractivity contribution is 8.03. The summed E-state index contributed by atoms with van der Waals surface area (Å²) in [6.45, 7) is 2.59. The number of methoxy groups -OCH3 is 2. The summed E-state index contributed by atoms with van der Waals surface area (Å²) in [6.07, 6.45) is 0.938. The third-order valence-electron chi connectivity index (χ3n) is 5.89. The zero-order valence-corrected chi connectivity index (χ0v) is 19.6. The number of carbonyl (C=O) groups is 1. The lowest BCUT2D eigenvalue weighted by atomic mass is 9.85. The average Bonchev–Trinajstić information content (AvgIpc) is 3.21. The molecule has 2 heterocycles. The second-order valence-corrected chi connectivity index (χ2v) is 8.88. The first-order valence-electron chi connectivity index (χ1n) is 10.7. The topological polar surface area (TPSA) is 92.0 Å². The van der Waals surface area contributed by atoms with Gasteiger partial charge in [0.15, 0.2) is 17.2 Å². The van der Waals surface area contributed by atoms with E-state index in [1.807, 2.05) is 25.1 Å². The first kappa shape index (κ1) is 23.0. The van der Waals surface area contributed by atoms with Crippen LogP contribution >= 0.6 is 11.8 Å². The molecule has 1 fully saturated rings. The van der Waals surface area contributed by atoms with Crippen molar-refractivity contribution >= 4 is 17.7 Å². The molecule has 2 aromatic carbocycles. The maximum Gasteiger partial charge on any atom is 0.231 e. The van der Waals surface area contributed by atoms with Gasteiger partial charge in [0.25, 0.3) is 0 Å². The molecule has 0 saturated carbocycles. The van der Waals surface area contributed by atoms with E-state index in [0.29, 0.717) is 40.0 Å². The summed E-state index contributed by atoms with van der Waals surface area (Å²) in [7, 11) is 3.12. The van der Waals surface area contributed by atoms with Gasteiger partial charge in [0.2, 0.25) is 5.91 Å². The van der Waals surface area contributed by atoms with Crippen LogP contribution in [0.2, 0.25) is 0 Å². The predicted octanol–water partition coefficient (Wildman–Crippen LogP) is 4.14. The Balaban J connectivity index is 1.74. The zero-order valence-electron chi connectivity index (χ0n) is 18.8. The van der Waals surface area contributed by atoms with Gasteiger partial charge in [0.05, 0.1) is 43.3 Å². The maximum absolute atomic E-state index is 13.3. The lowest BCUT2D eigenvalue weighted by Crippen LogP contribution is -2.48. The van der Waals surface area contributed by atoms with E-state index in [1.165, 1.54) is 16.7 Å². The number of aliphatic hydroxyl groups is 1. The van der Waals surface area contributed by atoms with E-state index < -0.39 is 11.6 Å². The maximum atomic E-state index is 13.3. The first-order chi connectivity index (χ1) is 16.0. The van der Waals surface area contributed by atoms with Crippen LogP contribution in [0.15, 0.2) is 53.1 Å². The summed E-state index contributed by atoms with van der Waals surface area (Å²) in [6, 6.07) is 14.8. The molecule has 2 aromatic rings. The van der Waals surface area contributed by atoms with Crippen LogP contribution < -0.4 is 14.2 Å². The van der Waals surface area contributed by atoms with Gasteiger partial charge in [0, 0.05) is 17.9 Å². The Bertz CT molecular complexity index is 1140. The Labute approximate surface area is 197 Å². The number of ether oxygens (including phenoxy) is 3. The molecule has 1 amide bonds. The number of carbonyl (C=O) groups excluding carboxylic acids is 1. The van der Waals surface area contributed by atoms with Crippen molar-refractivity contribution in [3.8, 4) is 23.3 Å². The van der Waals surface area contributed by atoms with Gasteiger partial charge in [-0.2, -0.15) is 5.26 Å². The van der Waals surface area contributed by atoms with Gasteiger partial charge >= 0.3 is 0 Å². The number of amides is 1. The van der Waals surface area contributed by atoms with Crippen molar-refractivity contribution in [3.63, 3.8) is 0 Å². The van der Waals surface area contributed by atoms with Crippen LogP contribution in [0.1, 0.15) is 36.8 Å². The van der Waals surface area contributed by atoms with Crippen LogP contribution in [0.5, 0.6) is 17.2 Å². The van der Waals surface area contributed by atoms with Crippen molar-refractivity contribution in [3.05, 3.63) is 64.2 Å². The van der Waals surface area contributed by atoms with Gasteiger partial charge in [-0.1, -0.05) is 25.1 Å². The fourth-order valence-corrected chi connectivity index (χ4v) is 5.59. The zero-order chi connectivity index (χ0) is 23.6. The molecule has 172 valence electrons. The third-order valence-corrected chi connectivity index (χ3v) is 7.12. The molecular formula is C25H26N2O5S. The van der Waals surface area contributed by atoms with E-state index in [0.717, 1.165) is 12.0 Å². The highest BCUT2D eigenvalue weighted by Crippen LogP contribution is 2.52. The van der Waals surface area contributed by atoms with Gasteiger partial charge in [-0.05, 0) is 36.2 Å². The summed E-state index contributed by atoms with van der Waals surface area (Å²) in [5.74, 6) is 1.33. The standard InChI is InChI=1S/C25H26N2O5S/c1-4-10-32-21-9-8-16(11-22(21)31-3)19-13-23(28)27-24(20(19)14-26)33-15-25(27,29)17-6-5-7-18(12-17)30-2/h5-9,11-12,19,29H,4,10,13,15H2,1-3H3/t19-,25+/m1/s1. The Morgan fingerprint density at radius 1 is 1.21 bits per heavy atom. The van der Waals surface area contributed by atoms with Crippen molar-refractivity contribution < 1.29 is 24.1 Å². The molecule has 2 atom stereocenters. The molecule has 1 saturated heterocycles.